The van der Waals surface area contributed by atoms with Crippen molar-refractivity contribution in [3.05, 3.63) is 21.9 Å². The molecule has 4 nitrogen and oxygen atoms in total. The van der Waals surface area contributed by atoms with Crippen LogP contribution in [-0.2, 0) is 0 Å². The van der Waals surface area contributed by atoms with E-state index in [1.54, 1.807) is 0 Å². The third-order valence-electron chi connectivity index (χ3n) is 2.74. The zero-order valence-electron chi connectivity index (χ0n) is 8.54. The van der Waals surface area contributed by atoms with Gasteiger partial charge in [-0.1, -0.05) is 29.6 Å². The molecule has 0 saturated heterocycles. The standard InChI is InChI=1S/C10H11Cl2N3O/c11-8-4-7(9(12)15-14-8)10(16)13-5-6-2-1-3-6/h4,6H,1-3,5H2,(H,13,16). The van der Waals surface area contributed by atoms with Crippen LogP contribution in [0.1, 0.15) is 29.6 Å². The van der Waals surface area contributed by atoms with Crippen molar-refractivity contribution in [3.8, 4) is 0 Å². The fraction of sp³-hybridized carbons (Fsp3) is 0.500. The highest BCUT2D eigenvalue weighted by molar-refractivity contribution is 6.34. The average Bonchev–Trinajstić information content (AvgIpc) is 2.19. The molecule has 0 atom stereocenters. The Labute approximate surface area is 103 Å². The Morgan fingerprint density at radius 1 is 1.44 bits per heavy atom. The summed E-state index contributed by atoms with van der Waals surface area (Å²) in [4.78, 5) is 11.7. The Balaban J connectivity index is 1.99. The van der Waals surface area contributed by atoms with Crippen molar-refractivity contribution >= 4 is 29.1 Å². The van der Waals surface area contributed by atoms with Crippen LogP contribution in [0.3, 0.4) is 0 Å². The molecule has 0 aromatic carbocycles. The topological polar surface area (TPSA) is 54.9 Å². The number of nitrogens with zero attached hydrogens (tertiary/aromatic N) is 2. The minimum absolute atomic E-state index is 0.0792. The molecule has 1 amide bonds. The van der Waals surface area contributed by atoms with Crippen molar-refractivity contribution in [2.24, 2.45) is 5.92 Å². The summed E-state index contributed by atoms with van der Waals surface area (Å²) >= 11 is 11.4. The summed E-state index contributed by atoms with van der Waals surface area (Å²) in [5.74, 6) is 0.363. The van der Waals surface area contributed by atoms with Crippen LogP contribution in [0.25, 0.3) is 0 Å². The van der Waals surface area contributed by atoms with Crippen LogP contribution in [0.2, 0.25) is 10.3 Å². The van der Waals surface area contributed by atoms with E-state index in [2.05, 4.69) is 15.5 Å². The van der Waals surface area contributed by atoms with E-state index in [9.17, 15) is 4.79 Å². The molecule has 1 fully saturated rings. The lowest BCUT2D eigenvalue weighted by Gasteiger charge is -2.25. The van der Waals surface area contributed by atoms with Crippen molar-refractivity contribution in [3.63, 3.8) is 0 Å². The van der Waals surface area contributed by atoms with Crippen LogP contribution in [-0.4, -0.2) is 22.6 Å². The fourth-order valence-corrected chi connectivity index (χ4v) is 1.87. The Morgan fingerprint density at radius 3 is 2.81 bits per heavy atom. The zero-order chi connectivity index (χ0) is 11.5. The first-order valence-electron chi connectivity index (χ1n) is 5.13. The quantitative estimate of drug-likeness (QED) is 0.907. The van der Waals surface area contributed by atoms with Gasteiger partial charge in [-0.2, -0.15) is 0 Å². The second kappa shape index (κ2) is 4.97. The lowest BCUT2D eigenvalue weighted by Crippen LogP contribution is -2.32. The lowest BCUT2D eigenvalue weighted by atomic mass is 9.85. The van der Waals surface area contributed by atoms with Gasteiger partial charge in [-0.25, -0.2) is 0 Å². The van der Waals surface area contributed by atoms with E-state index in [0.717, 1.165) is 0 Å². The number of amides is 1. The Bertz CT molecular complexity index is 407. The summed E-state index contributed by atoms with van der Waals surface area (Å²) in [6.07, 6.45) is 3.62. The first-order chi connectivity index (χ1) is 7.66. The summed E-state index contributed by atoms with van der Waals surface area (Å²) in [6, 6.07) is 1.42. The maximum atomic E-state index is 11.7. The summed E-state index contributed by atoms with van der Waals surface area (Å²) in [5, 5.41) is 10.2. The van der Waals surface area contributed by atoms with E-state index < -0.39 is 0 Å². The molecule has 6 heteroatoms. The van der Waals surface area contributed by atoms with E-state index in [1.807, 2.05) is 0 Å². The van der Waals surface area contributed by atoms with Gasteiger partial charge in [0.15, 0.2) is 10.3 Å². The van der Waals surface area contributed by atoms with Gasteiger partial charge in [0.1, 0.15) is 0 Å². The molecule has 86 valence electrons. The van der Waals surface area contributed by atoms with E-state index in [1.165, 1.54) is 25.3 Å². The molecule has 1 aromatic rings. The fourth-order valence-electron chi connectivity index (χ4n) is 1.54. The molecular formula is C10H11Cl2N3O. The highest BCUT2D eigenvalue weighted by Crippen LogP contribution is 2.25. The number of carbonyl (C=O) groups excluding carboxylic acids is 1. The zero-order valence-corrected chi connectivity index (χ0v) is 10.1. The smallest absolute Gasteiger partial charge is 0.254 e. The summed E-state index contributed by atoms with van der Waals surface area (Å²) in [5.41, 5.74) is 0.279. The van der Waals surface area contributed by atoms with Crippen molar-refractivity contribution in [1.29, 1.82) is 0 Å². The second-order valence-corrected chi connectivity index (χ2v) is 4.62. The molecule has 1 aliphatic carbocycles. The maximum Gasteiger partial charge on any atom is 0.254 e. The van der Waals surface area contributed by atoms with Gasteiger partial charge in [0.05, 0.1) is 5.56 Å². The minimum Gasteiger partial charge on any atom is -0.352 e. The van der Waals surface area contributed by atoms with Crippen LogP contribution in [0, 0.1) is 5.92 Å². The number of nitrogens with one attached hydrogen (secondary N) is 1. The van der Waals surface area contributed by atoms with E-state index in [-0.39, 0.29) is 21.8 Å². The minimum atomic E-state index is -0.242. The molecule has 16 heavy (non-hydrogen) atoms. The van der Waals surface area contributed by atoms with Crippen molar-refractivity contribution in [1.82, 2.24) is 15.5 Å². The normalized spacial score (nSPS) is 15.6. The van der Waals surface area contributed by atoms with E-state index >= 15 is 0 Å². The molecule has 0 unspecified atom stereocenters. The number of rotatable bonds is 3. The summed E-state index contributed by atoms with van der Waals surface area (Å²) < 4.78 is 0. The van der Waals surface area contributed by atoms with Gasteiger partial charge in [-0.3, -0.25) is 4.79 Å². The predicted molar refractivity (Wildman–Crippen MR) is 61.7 cm³/mol. The summed E-state index contributed by atoms with van der Waals surface area (Å²) in [6.45, 7) is 0.690. The van der Waals surface area contributed by atoms with Crippen LogP contribution in [0.5, 0.6) is 0 Å². The number of aromatic nitrogens is 2. The Kier molecular flexibility index (Phi) is 3.61. The van der Waals surface area contributed by atoms with Gasteiger partial charge < -0.3 is 5.32 Å². The van der Waals surface area contributed by atoms with Crippen molar-refractivity contribution in [2.45, 2.75) is 19.3 Å². The molecule has 1 heterocycles. The number of halogens is 2. The lowest BCUT2D eigenvalue weighted by molar-refractivity contribution is 0.0938. The molecule has 0 bridgehead atoms. The molecule has 0 aliphatic heterocycles. The SMILES string of the molecule is O=C(NCC1CCC1)c1cc(Cl)nnc1Cl. The predicted octanol–water partition coefficient (Wildman–Crippen LogP) is 2.31. The first kappa shape index (κ1) is 11.6. The van der Waals surface area contributed by atoms with Crippen LogP contribution in [0.15, 0.2) is 6.07 Å². The highest BCUT2D eigenvalue weighted by atomic mass is 35.5. The van der Waals surface area contributed by atoms with Gasteiger partial charge in [0.25, 0.3) is 5.91 Å². The molecule has 1 aliphatic rings. The first-order valence-corrected chi connectivity index (χ1v) is 5.89. The van der Waals surface area contributed by atoms with Crippen LogP contribution >= 0.6 is 23.2 Å². The highest BCUT2D eigenvalue weighted by Gasteiger charge is 2.19. The van der Waals surface area contributed by atoms with E-state index in [0.29, 0.717) is 12.5 Å². The van der Waals surface area contributed by atoms with Gasteiger partial charge in [0.2, 0.25) is 0 Å². The number of hydrogen-bond donors (Lipinski definition) is 1. The van der Waals surface area contributed by atoms with Gasteiger partial charge >= 0.3 is 0 Å². The Hall–Kier alpha value is -0.870. The summed E-state index contributed by atoms with van der Waals surface area (Å²) in [7, 11) is 0. The molecule has 1 saturated carbocycles. The molecular weight excluding hydrogens is 249 g/mol. The third kappa shape index (κ3) is 2.62. The van der Waals surface area contributed by atoms with Crippen LogP contribution < -0.4 is 5.32 Å². The maximum absolute atomic E-state index is 11.7. The number of hydrogen-bond acceptors (Lipinski definition) is 3. The molecule has 1 aromatic heterocycles. The Morgan fingerprint density at radius 2 is 2.19 bits per heavy atom. The second-order valence-electron chi connectivity index (χ2n) is 3.88. The van der Waals surface area contributed by atoms with Crippen molar-refractivity contribution < 1.29 is 4.79 Å². The molecule has 1 N–H and O–H groups in total. The monoisotopic (exact) mass is 259 g/mol. The van der Waals surface area contributed by atoms with Gasteiger partial charge in [-0.05, 0) is 24.8 Å². The largest absolute Gasteiger partial charge is 0.352 e. The molecule has 0 spiro atoms. The number of carbonyl (C=O) groups is 1. The van der Waals surface area contributed by atoms with Crippen LogP contribution in [0.4, 0.5) is 0 Å². The average molecular weight is 260 g/mol. The van der Waals surface area contributed by atoms with E-state index in [4.69, 9.17) is 23.2 Å². The third-order valence-corrected chi connectivity index (χ3v) is 3.20. The van der Waals surface area contributed by atoms with Gasteiger partial charge in [0, 0.05) is 6.54 Å². The van der Waals surface area contributed by atoms with Gasteiger partial charge in [-0.15, -0.1) is 10.2 Å². The molecule has 0 radical (unpaired) electrons. The van der Waals surface area contributed by atoms with Crippen molar-refractivity contribution in [2.75, 3.05) is 6.54 Å². The molecule has 2 rings (SSSR count).